The van der Waals surface area contributed by atoms with Crippen molar-refractivity contribution in [2.24, 2.45) is 0 Å². The molecule has 1 N–H and O–H groups in total. The van der Waals surface area contributed by atoms with Gasteiger partial charge in [0.05, 0.1) is 9.50 Å². The zero-order valence-electron chi connectivity index (χ0n) is 6.01. The summed E-state index contributed by atoms with van der Waals surface area (Å²) >= 11 is 8.59. The number of nitrogens with zero attached hydrogens (tertiary/aromatic N) is 2. The van der Waals surface area contributed by atoms with E-state index >= 15 is 0 Å². The van der Waals surface area contributed by atoms with E-state index < -0.39 is 11.5 Å². The van der Waals surface area contributed by atoms with Crippen LogP contribution in [0.15, 0.2) is 15.5 Å². The van der Waals surface area contributed by atoms with E-state index in [4.69, 9.17) is 11.6 Å². The number of halogens is 3. The van der Waals surface area contributed by atoms with E-state index in [-0.39, 0.29) is 10.7 Å². The fourth-order valence-electron chi connectivity index (χ4n) is 0.952. The minimum Gasteiger partial charge on any atom is -0.247 e. The predicted octanol–water partition coefficient (Wildman–Crippen LogP) is 1.58. The molecule has 0 unspecified atom stereocenters. The highest BCUT2D eigenvalue weighted by Crippen LogP contribution is 2.26. The van der Waals surface area contributed by atoms with E-state index in [0.29, 0.717) is 4.47 Å². The van der Waals surface area contributed by atoms with Crippen molar-refractivity contribution in [3.8, 4) is 0 Å². The van der Waals surface area contributed by atoms with E-state index in [9.17, 15) is 9.18 Å². The molecule has 2 aromatic heterocycles. The fourth-order valence-corrected chi connectivity index (χ4v) is 1.46. The first kappa shape index (κ1) is 8.71. The zero-order chi connectivity index (χ0) is 9.59. The molecule has 2 aromatic rings. The molecule has 0 aromatic carbocycles. The second kappa shape index (κ2) is 2.81. The number of rotatable bonds is 0. The van der Waals surface area contributed by atoms with Gasteiger partial charge in [-0.2, -0.15) is 0 Å². The standard InChI is InChI=1S/C6H2BrClFN3O/c7-2-1-12-5(4(9)3(2)8)10-11-6(12)13/h1H,(H,11,13). The van der Waals surface area contributed by atoms with E-state index in [1.807, 2.05) is 0 Å². The van der Waals surface area contributed by atoms with Gasteiger partial charge in [-0.05, 0) is 15.9 Å². The van der Waals surface area contributed by atoms with Gasteiger partial charge in [-0.15, -0.1) is 5.10 Å². The monoisotopic (exact) mass is 265 g/mol. The molecule has 2 rings (SSSR count). The Morgan fingerprint density at radius 1 is 1.69 bits per heavy atom. The maximum absolute atomic E-state index is 13.3. The molecule has 0 aliphatic rings. The summed E-state index contributed by atoms with van der Waals surface area (Å²) in [5, 5.41) is 5.48. The van der Waals surface area contributed by atoms with Crippen LogP contribution in [0.25, 0.3) is 5.65 Å². The third kappa shape index (κ3) is 1.17. The number of nitrogens with one attached hydrogen (secondary N) is 1. The van der Waals surface area contributed by atoms with Crippen LogP contribution in [-0.4, -0.2) is 14.6 Å². The maximum Gasteiger partial charge on any atom is 0.347 e. The van der Waals surface area contributed by atoms with Gasteiger partial charge in [0.1, 0.15) is 0 Å². The van der Waals surface area contributed by atoms with Crippen LogP contribution in [-0.2, 0) is 0 Å². The molecule has 0 amide bonds. The molecule has 0 saturated heterocycles. The Labute approximate surface area is 84.5 Å². The number of hydrogen-bond donors (Lipinski definition) is 1. The summed E-state index contributed by atoms with van der Waals surface area (Å²) in [4.78, 5) is 11.0. The Bertz CT molecular complexity index is 534. The maximum atomic E-state index is 13.3. The van der Waals surface area contributed by atoms with Gasteiger partial charge in [0.25, 0.3) is 0 Å². The average molecular weight is 266 g/mol. The smallest absolute Gasteiger partial charge is 0.247 e. The zero-order valence-corrected chi connectivity index (χ0v) is 8.36. The molecule has 0 atom stereocenters. The van der Waals surface area contributed by atoms with Gasteiger partial charge in [-0.1, -0.05) is 11.6 Å². The van der Waals surface area contributed by atoms with Gasteiger partial charge in [0.15, 0.2) is 11.5 Å². The molecule has 0 spiro atoms. The molecule has 68 valence electrons. The average Bonchev–Trinajstić information content (AvgIpc) is 2.45. The first-order chi connectivity index (χ1) is 6.11. The lowest BCUT2D eigenvalue weighted by Crippen LogP contribution is -2.09. The highest BCUT2D eigenvalue weighted by molar-refractivity contribution is 9.10. The van der Waals surface area contributed by atoms with E-state index in [1.54, 1.807) is 0 Å². The van der Waals surface area contributed by atoms with Crippen LogP contribution in [0, 0.1) is 5.82 Å². The summed E-state index contributed by atoms with van der Waals surface area (Å²) in [6.07, 6.45) is 1.35. The van der Waals surface area contributed by atoms with Crippen molar-refractivity contribution < 1.29 is 4.39 Å². The minimum atomic E-state index is -0.727. The van der Waals surface area contributed by atoms with Crippen molar-refractivity contribution in [2.45, 2.75) is 0 Å². The van der Waals surface area contributed by atoms with Crippen LogP contribution < -0.4 is 5.69 Å². The molecule has 13 heavy (non-hydrogen) atoms. The van der Waals surface area contributed by atoms with Gasteiger partial charge in [0.2, 0.25) is 0 Å². The number of hydrogen-bond acceptors (Lipinski definition) is 2. The van der Waals surface area contributed by atoms with Gasteiger partial charge in [-0.25, -0.2) is 18.7 Å². The molecule has 7 heteroatoms. The molecular formula is C6H2BrClFN3O. The summed E-state index contributed by atoms with van der Waals surface area (Å²) in [5.74, 6) is -0.727. The number of aromatic nitrogens is 3. The first-order valence-electron chi connectivity index (χ1n) is 3.21. The van der Waals surface area contributed by atoms with Crippen LogP contribution in [0.1, 0.15) is 0 Å². The number of pyridine rings is 1. The fraction of sp³-hybridized carbons (Fsp3) is 0. The Kier molecular flexibility index (Phi) is 1.88. The SMILES string of the molecule is O=c1[nH]nc2c(F)c(Cl)c(Br)cn12. The van der Waals surface area contributed by atoms with Gasteiger partial charge < -0.3 is 0 Å². The van der Waals surface area contributed by atoms with Crippen LogP contribution in [0.3, 0.4) is 0 Å². The second-order valence-corrected chi connectivity index (χ2v) is 3.56. The van der Waals surface area contributed by atoms with Crippen LogP contribution in [0.2, 0.25) is 5.02 Å². The predicted molar refractivity (Wildman–Crippen MR) is 48.5 cm³/mol. The topological polar surface area (TPSA) is 50.2 Å². The summed E-state index contributed by atoms with van der Waals surface area (Å²) < 4.78 is 14.6. The van der Waals surface area contributed by atoms with Gasteiger partial charge in [0, 0.05) is 6.20 Å². The molecular weight excluding hydrogens is 264 g/mol. The first-order valence-corrected chi connectivity index (χ1v) is 4.38. The Balaban J connectivity index is 3.04. The van der Waals surface area contributed by atoms with Crippen molar-refractivity contribution in [1.29, 1.82) is 0 Å². The second-order valence-electron chi connectivity index (χ2n) is 2.33. The van der Waals surface area contributed by atoms with Crippen molar-refractivity contribution >= 4 is 33.2 Å². The van der Waals surface area contributed by atoms with Gasteiger partial charge in [-0.3, -0.25) is 0 Å². The van der Waals surface area contributed by atoms with Gasteiger partial charge >= 0.3 is 5.69 Å². The molecule has 0 radical (unpaired) electrons. The molecule has 0 aliphatic carbocycles. The number of aromatic amines is 1. The van der Waals surface area contributed by atoms with Crippen LogP contribution >= 0.6 is 27.5 Å². The lowest BCUT2D eigenvalue weighted by molar-refractivity contribution is 0.628. The Hall–Kier alpha value is -0.880. The van der Waals surface area contributed by atoms with E-state index in [1.165, 1.54) is 6.20 Å². The Morgan fingerprint density at radius 3 is 3.08 bits per heavy atom. The minimum absolute atomic E-state index is 0.0912. The van der Waals surface area contributed by atoms with Crippen molar-refractivity contribution in [2.75, 3.05) is 0 Å². The third-order valence-corrected chi connectivity index (χ3v) is 2.74. The summed E-state index contributed by atoms with van der Waals surface area (Å²) in [5.41, 5.74) is -0.621. The van der Waals surface area contributed by atoms with Crippen molar-refractivity contribution in [3.05, 3.63) is 32.0 Å². The lowest BCUT2D eigenvalue weighted by atomic mass is 10.4. The molecule has 0 fully saturated rings. The molecule has 0 saturated carbocycles. The van der Waals surface area contributed by atoms with E-state index in [0.717, 1.165) is 4.40 Å². The van der Waals surface area contributed by atoms with Crippen LogP contribution in [0.4, 0.5) is 4.39 Å². The Morgan fingerprint density at radius 2 is 2.38 bits per heavy atom. The summed E-state index contributed by atoms with van der Waals surface area (Å²) in [6.45, 7) is 0. The molecule has 0 aliphatic heterocycles. The lowest BCUT2D eigenvalue weighted by Gasteiger charge is -1.98. The number of fused-ring (bicyclic) bond motifs is 1. The largest absolute Gasteiger partial charge is 0.347 e. The normalized spacial score (nSPS) is 11.0. The quantitative estimate of drug-likeness (QED) is 0.787. The third-order valence-electron chi connectivity index (χ3n) is 1.55. The molecule has 4 nitrogen and oxygen atoms in total. The van der Waals surface area contributed by atoms with Crippen molar-refractivity contribution in [3.63, 3.8) is 0 Å². The highest BCUT2D eigenvalue weighted by Gasteiger charge is 2.13. The van der Waals surface area contributed by atoms with Crippen LogP contribution in [0.5, 0.6) is 0 Å². The molecule has 0 bridgehead atoms. The highest BCUT2D eigenvalue weighted by atomic mass is 79.9. The summed E-state index contributed by atoms with van der Waals surface area (Å²) in [6, 6.07) is 0. The van der Waals surface area contributed by atoms with Crippen molar-refractivity contribution in [1.82, 2.24) is 14.6 Å². The van der Waals surface area contributed by atoms with E-state index in [2.05, 4.69) is 26.1 Å². The summed E-state index contributed by atoms with van der Waals surface area (Å²) in [7, 11) is 0. The molecule has 2 heterocycles. The number of H-pyrrole nitrogens is 1.